The van der Waals surface area contributed by atoms with E-state index >= 15 is 0 Å². The van der Waals surface area contributed by atoms with E-state index in [1.807, 2.05) is 6.07 Å². The van der Waals surface area contributed by atoms with Crippen molar-refractivity contribution in [1.82, 2.24) is 0 Å². The molecule has 0 spiro atoms. The first-order valence-electron chi connectivity index (χ1n) is 7.24. The highest BCUT2D eigenvalue weighted by atomic mass is 79.9. The van der Waals surface area contributed by atoms with Gasteiger partial charge in [0.2, 0.25) is 0 Å². The number of nitrogens with two attached hydrogens (primary N) is 1. The fourth-order valence-corrected chi connectivity index (χ4v) is 3.76. The van der Waals surface area contributed by atoms with Crippen LogP contribution >= 0.6 is 15.9 Å². The van der Waals surface area contributed by atoms with Gasteiger partial charge in [-0.2, -0.15) is 0 Å². The Kier molecular flexibility index (Phi) is 5.02. The van der Waals surface area contributed by atoms with Gasteiger partial charge in [-0.05, 0) is 61.8 Å². The molecule has 1 nitrogen and oxygen atoms in total. The first-order valence-corrected chi connectivity index (χ1v) is 8.04. The number of hydrogen-bond acceptors (Lipinski definition) is 1. The van der Waals surface area contributed by atoms with Crippen molar-refractivity contribution in [3.63, 3.8) is 0 Å². The van der Waals surface area contributed by atoms with Gasteiger partial charge in [0.1, 0.15) is 5.82 Å². The number of halogens is 2. The molecule has 0 bridgehead atoms. The molecule has 0 aromatic heterocycles. The molecule has 1 aliphatic rings. The second-order valence-electron chi connectivity index (χ2n) is 6.05. The molecule has 0 atom stereocenters. The van der Waals surface area contributed by atoms with Gasteiger partial charge in [0.25, 0.3) is 0 Å². The van der Waals surface area contributed by atoms with Crippen molar-refractivity contribution in [2.24, 2.45) is 11.7 Å². The molecule has 106 valence electrons. The van der Waals surface area contributed by atoms with E-state index in [-0.39, 0.29) is 11.4 Å². The first kappa shape index (κ1) is 15.0. The summed E-state index contributed by atoms with van der Waals surface area (Å²) in [5.74, 6) is 0.661. The maximum atomic E-state index is 13.4. The van der Waals surface area contributed by atoms with E-state index in [4.69, 9.17) is 5.73 Å². The Morgan fingerprint density at radius 2 is 2.00 bits per heavy atom. The van der Waals surface area contributed by atoms with Crippen molar-refractivity contribution in [1.29, 1.82) is 0 Å². The lowest BCUT2D eigenvalue weighted by molar-refractivity contribution is 0.223. The molecule has 2 rings (SSSR count). The lowest BCUT2D eigenvalue weighted by Crippen LogP contribution is -2.45. The molecule has 0 radical (unpaired) electrons. The Bertz CT molecular complexity index is 405. The molecule has 1 aliphatic carbocycles. The summed E-state index contributed by atoms with van der Waals surface area (Å²) in [5, 5.41) is 0. The summed E-state index contributed by atoms with van der Waals surface area (Å²) in [4.78, 5) is 0. The van der Waals surface area contributed by atoms with Crippen LogP contribution in [0, 0.1) is 11.7 Å². The highest BCUT2D eigenvalue weighted by Crippen LogP contribution is 2.35. The molecule has 0 saturated heterocycles. The molecule has 19 heavy (non-hydrogen) atoms. The van der Waals surface area contributed by atoms with Gasteiger partial charge in [-0.3, -0.25) is 0 Å². The fourth-order valence-electron chi connectivity index (χ4n) is 3.25. The highest BCUT2D eigenvalue weighted by Gasteiger charge is 2.31. The second kappa shape index (κ2) is 6.36. The van der Waals surface area contributed by atoms with E-state index in [0.717, 1.165) is 35.2 Å². The molecule has 0 aliphatic heterocycles. The van der Waals surface area contributed by atoms with Crippen molar-refractivity contribution >= 4 is 15.9 Å². The summed E-state index contributed by atoms with van der Waals surface area (Å²) in [6.45, 7) is 2.24. The Morgan fingerprint density at radius 1 is 1.32 bits per heavy atom. The molecular weight excluding hydrogens is 305 g/mol. The zero-order chi connectivity index (χ0) is 13.9. The Hall–Kier alpha value is -0.410. The number of hydrogen-bond donors (Lipinski definition) is 1. The molecule has 1 fully saturated rings. The van der Waals surface area contributed by atoms with Gasteiger partial charge in [-0.15, -0.1) is 0 Å². The SMILES string of the molecule is CCCC1CCC(N)(Cc2cc(F)cc(Br)c2)CC1. The fraction of sp³-hybridized carbons (Fsp3) is 0.625. The molecule has 0 amide bonds. The molecule has 0 heterocycles. The molecule has 1 aromatic rings. The number of benzene rings is 1. The zero-order valence-electron chi connectivity index (χ0n) is 11.6. The highest BCUT2D eigenvalue weighted by molar-refractivity contribution is 9.10. The Morgan fingerprint density at radius 3 is 2.58 bits per heavy atom. The van der Waals surface area contributed by atoms with Crippen LogP contribution in [0.3, 0.4) is 0 Å². The summed E-state index contributed by atoms with van der Waals surface area (Å²) in [6, 6.07) is 5.08. The summed E-state index contributed by atoms with van der Waals surface area (Å²) in [6.07, 6.45) is 7.93. The third-order valence-electron chi connectivity index (χ3n) is 4.28. The van der Waals surface area contributed by atoms with Gasteiger partial charge in [0, 0.05) is 10.0 Å². The van der Waals surface area contributed by atoms with Crippen molar-refractivity contribution in [3.05, 3.63) is 34.1 Å². The third kappa shape index (κ3) is 4.28. The van der Waals surface area contributed by atoms with E-state index in [1.54, 1.807) is 6.07 Å². The lowest BCUT2D eigenvalue weighted by Gasteiger charge is -2.37. The van der Waals surface area contributed by atoms with Crippen LogP contribution in [0.2, 0.25) is 0 Å². The molecule has 1 saturated carbocycles. The van der Waals surface area contributed by atoms with Crippen molar-refractivity contribution in [3.8, 4) is 0 Å². The van der Waals surface area contributed by atoms with Gasteiger partial charge >= 0.3 is 0 Å². The van der Waals surface area contributed by atoms with E-state index in [9.17, 15) is 4.39 Å². The van der Waals surface area contributed by atoms with Gasteiger partial charge in [0.15, 0.2) is 0 Å². The first-order chi connectivity index (χ1) is 9.00. The predicted molar refractivity (Wildman–Crippen MR) is 81.6 cm³/mol. The third-order valence-corrected chi connectivity index (χ3v) is 4.73. The van der Waals surface area contributed by atoms with Crippen LogP contribution in [0.1, 0.15) is 51.0 Å². The smallest absolute Gasteiger partial charge is 0.124 e. The van der Waals surface area contributed by atoms with E-state index in [1.165, 1.54) is 31.7 Å². The quantitative estimate of drug-likeness (QED) is 0.843. The van der Waals surface area contributed by atoms with E-state index in [2.05, 4.69) is 22.9 Å². The van der Waals surface area contributed by atoms with Crippen LogP contribution in [0.15, 0.2) is 22.7 Å². The van der Waals surface area contributed by atoms with Crippen molar-refractivity contribution in [2.45, 2.75) is 57.4 Å². The molecule has 3 heteroatoms. The van der Waals surface area contributed by atoms with Crippen LogP contribution in [-0.4, -0.2) is 5.54 Å². The van der Waals surface area contributed by atoms with Gasteiger partial charge in [-0.1, -0.05) is 35.7 Å². The average molecular weight is 328 g/mol. The Balaban J connectivity index is 1.98. The zero-order valence-corrected chi connectivity index (χ0v) is 13.2. The molecule has 2 N–H and O–H groups in total. The van der Waals surface area contributed by atoms with Gasteiger partial charge < -0.3 is 5.73 Å². The van der Waals surface area contributed by atoms with Crippen molar-refractivity contribution < 1.29 is 4.39 Å². The standard InChI is InChI=1S/C16H23BrFN/c1-2-3-12-4-6-16(19,7-5-12)11-13-8-14(17)10-15(18)9-13/h8-10,12H,2-7,11,19H2,1H3. The lowest BCUT2D eigenvalue weighted by atomic mass is 9.73. The normalized spacial score (nSPS) is 27.5. The van der Waals surface area contributed by atoms with E-state index < -0.39 is 0 Å². The van der Waals surface area contributed by atoms with Gasteiger partial charge in [0.05, 0.1) is 0 Å². The summed E-state index contributed by atoms with van der Waals surface area (Å²) >= 11 is 3.34. The summed E-state index contributed by atoms with van der Waals surface area (Å²) < 4.78 is 14.2. The van der Waals surface area contributed by atoms with Crippen LogP contribution in [-0.2, 0) is 6.42 Å². The summed E-state index contributed by atoms with van der Waals surface area (Å²) in [7, 11) is 0. The maximum Gasteiger partial charge on any atom is 0.124 e. The maximum absolute atomic E-state index is 13.4. The predicted octanol–water partition coefficient (Wildman–Crippen LogP) is 4.82. The summed E-state index contributed by atoms with van der Waals surface area (Å²) in [5.41, 5.74) is 7.37. The van der Waals surface area contributed by atoms with Crippen LogP contribution in [0.25, 0.3) is 0 Å². The minimum absolute atomic E-state index is 0.141. The monoisotopic (exact) mass is 327 g/mol. The van der Waals surface area contributed by atoms with Crippen LogP contribution < -0.4 is 5.73 Å². The average Bonchev–Trinajstić information content (AvgIpc) is 2.31. The molecular formula is C16H23BrFN. The van der Waals surface area contributed by atoms with Crippen molar-refractivity contribution in [2.75, 3.05) is 0 Å². The largest absolute Gasteiger partial charge is 0.325 e. The van der Waals surface area contributed by atoms with Crippen LogP contribution in [0.4, 0.5) is 4.39 Å². The van der Waals surface area contributed by atoms with Gasteiger partial charge in [-0.25, -0.2) is 4.39 Å². The van der Waals surface area contributed by atoms with E-state index in [0.29, 0.717) is 0 Å². The minimum atomic E-state index is -0.187. The molecule has 0 unspecified atom stereocenters. The van der Waals surface area contributed by atoms with Crippen LogP contribution in [0.5, 0.6) is 0 Å². The number of rotatable bonds is 4. The minimum Gasteiger partial charge on any atom is -0.325 e. The Labute approximate surface area is 123 Å². The topological polar surface area (TPSA) is 26.0 Å². The second-order valence-corrected chi connectivity index (χ2v) is 6.96. The molecule has 1 aromatic carbocycles.